The number of likely N-dealkylation sites (N-methyl/N-ethyl adjacent to an activating group) is 1. The van der Waals surface area contributed by atoms with Crippen LogP contribution in [0.1, 0.15) is 28.2 Å². The minimum Gasteiger partial charge on any atom is -0.350 e. The molecule has 3 rings (SSSR count). The average molecular weight is 316 g/mol. The predicted molar refractivity (Wildman–Crippen MR) is 88.1 cm³/mol. The van der Waals surface area contributed by atoms with E-state index in [9.17, 15) is 4.79 Å². The lowest BCUT2D eigenvalue weighted by Crippen LogP contribution is -2.33. The summed E-state index contributed by atoms with van der Waals surface area (Å²) in [5, 5.41) is 3.78. The molecule has 0 unspecified atom stereocenters. The lowest BCUT2D eigenvalue weighted by Gasteiger charge is -2.15. The van der Waals surface area contributed by atoms with Crippen molar-refractivity contribution < 1.29 is 4.79 Å². The van der Waals surface area contributed by atoms with Crippen LogP contribution in [0.5, 0.6) is 0 Å². The van der Waals surface area contributed by atoms with Gasteiger partial charge in [0, 0.05) is 25.3 Å². The van der Waals surface area contributed by atoms with Gasteiger partial charge in [-0.05, 0) is 38.9 Å². The van der Waals surface area contributed by atoms with Gasteiger partial charge in [-0.25, -0.2) is 4.98 Å². The molecule has 0 bridgehead atoms. The Morgan fingerprint density at radius 1 is 1.45 bits per heavy atom. The van der Waals surface area contributed by atoms with Gasteiger partial charge in [-0.2, -0.15) is 0 Å². The van der Waals surface area contributed by atoms with E-state index in [1.54, 1.807) is 6.20 Å². The number of nitrogens with one attached hydrogen (secondary N) is 1. The van der Waals surface area contributed by atoms with Crippen LogP contribution >= 0.6 is 11.3 Å². The molecule has 2 aromatic heterocycles. The summed E-state index contributed by atoms with van der Waals surface area (Å²) < 4.78 is 0. The summed E-state index contributed by atoms with van der Waals surface area (Å²) in [6.07, 6.45) is 4.30. The number of hydrogen-bond acceptors (Lipinski definition) is 5. The largest absolute Gasteiger partial charge is 0.350 e. The molecule has 1 N–H and O–H groups in total. The molecule has 116 valence electrons. The highest BCUT2D eigenvalue weighted by Crippen LogP contribution is 2.26. The number of aryl methyl sites for hydroxylation is 1. The number of amides is 1. The number of rotatable bonds is 6. The van der Waals surface area contributed by atoms with Crippen molar-refractivity contribution in [1.82, 2.24) is 20.2 Å². The Hall–Kier alpha value is -1.79. The number of pyridine rings is 1. The molecule has 2 aromatic rings. The molecule has 2 heterocycles. The van der Waals surface area contributed by atoms with Crippen molar-refractivity contribution in [2.24, 2.45) is 0 Å². The molecule has 1 aliphatic rings. The molecule has 0 atom stereocenters. The van der Waals surface area contributed by atoms with Crippen LogP contribution in [-0.2, 0) is 0 Å². The maximum atomic E-state index is 12.3. The molecular weight excluding hydrogens is 296 g/mol. The molecule has 0 spiro atoms. The third-order valence-electron chi connectivity index (χ3n) is 3.81. The predicted octanol–water partition coefficient (Wildman–Crippen LogP) is 2.34. The van der Waals surface area contributed by atoms with E-state index >= 15 is 0 Å². The molecule has 1 amide bonds. The van der Waals surface area contributed by atoms with Crippen molar-refractivity contribution in [2.45, 2.75) is 25.8 Å². The minimum atomic E-state index is -0.0404. The maximum Gasteiger partial charge on any atom is 0.263 e. The minimum absolute atomic E-state index is 0.0404. The van der Waals surface area contributed by atoms with E-state index in [-0.39, 0.29) is 5.91 Å². The summed E-state index contributed by atoms with van der Waals surface area (Å²) in [4.78, 5) is 24.0. The van der Waals surface area contributed by atoms with E-state index in [0.29, 0.717) is 11.4 Å². The van der Waals surface area contributed by atoms with Crippen molar-refractivity contribution >= 4 is 17.2 Å². The third kappa shape index (κ3) is 3.51. The zero-order chi connectivity index (χ0) is 15.5. The summed E-state index contributed by atoms with van der Waals surface area (Å²) in [5.41, 5.74) is 1.57. The van der Waals surface area contributed by atoms with Gasteiger partial charge in [-0.3, -0.25) is 9.78 Å². The summed E-state index contributed by atoms with van der Waals surface area (Å²) in [7, 11) is 2.11. The molecule has 0 aromatic carbocycles. The summed E-state index contributed by atoms with van der Waals surface area (Å²) in [6.45, 7) is 3.43. The van der Waals surface area contributed by atoms with Crippen molar-refractivity contribution in [3.8, 4) is 10.7 Å². The van der Waals surface area contributed by atoms with Crippen LogP contribution in [0.15, 0.2) is 24.4 Å². The smallest absolute Gasteiger partial charge is 0.263 e. The number of carbonyl (C=O) groups excluding carboxylic acids is 1. The fraction of sp³-hybridized carbons (Fsp3) is 0.438. The van der Waals surface area contributed by atoms with Gasteiger partial charge in [-0.1, -0.05) is 6.07 Å². The fourth-order valence-electron chi connectivity index (χ4n) is 2.33. The fourth-order valence-corrected chi connectivity index (χ4v) is 3.29. The molecule has 1 aliphatic carbocycles. The van der Waals surface area contributed by atoms with Crippen molar-refractivity contribution in [3.05, 3.63) is 35.0 Å². The Morgan fingerprint density at radius 3 is 2.95 bits per heavy atom. The Balaban J connectivity index is 1.61. The van der Waals surface area contributed by atoms with Crippen LogP contribution < -0.4 is 5.32 Å². The average Bonchev–Trinajstić information content (AvgIpc) is 3.30. The van der Waals surface area contributed by atoms with Crippen LogP contribution in [0.3, 0.4) is 0 Å². The number of nitrogens with zero attached hydrogens (tertiary/aromatic N) is 3. The number of hydrogen-bond donors (Lipinski definition) is 1. The summed E-state index contributed by atoms with van der Waals surface area (Å²) in [6, 6.07) is 6.42. The number of thiazole rings is 1. The highest BCUT2D eigenvalue weighted by molar-refractivity contribution is 7.17. The number of aromatic nitrogens is 2. The van der Waals surface area contributed by atoms with Gasteiger partial charge in [-0.15, -0.1) is 11.3 Å². The van der Waals surface area contributed by atoms with Gasteiger partial charge in [0.15, 0.2) is 0 Å². The van der Waals surface area contributed by atoms with Crippen molar-refractivity contribution in [1.29, 1.82) is 0 Å². The van der Waals surface area contributed by atoms with Crippen LogP contribution in [0.25, 0.3) is 10.7 Å². The van der Waals surface area contributed by atoms with E-state index in [4.69, 9.17) is 0 Å². The molecule has 1 saturated carbocycles. The molecule has 1 fully saturated rings. The highest BCUT2D eigenvalue weighted by Gasteiger charge is 2.25. The second kappa shape index (κ2) is 6.54. The molecular formula is C16H20N4OS. The van der Waals surface area contributed by atoms with Crippen LogP contribution in [-0.4, -0.2) is 47.0 Å². The Bertz CT molecular complexity index is 651. The first-order valence-electron chi connectivity index (χ1n) is 7.52. The van der Waals surface area contributed by atoms with E-state index in [2.05, 4.69) is 27.2 Å². The van der Waals surface area contributed by atoms with Gasteiger partial charge < -0.3 is 10.2 Å². The van der Waals surface area contributed by atoms with Gasteiger partial charge >= 0.3 is 0 Å². The quantitative estimate of drug-likeness (QED) is 0.889. The summed E-state index contributed by atoms with van der Waals surface area (Å²) >= 11 is 1.40. The second-order valence-corrected chi connectivity index (χ2v) is 6.62. The maximum absolute atomic E-state index is 12.3. The molecule has 22 heavy (non-hydrogen) atoms. The van der Waals surface area contributed by atoms with E-state index < -0.39 is 0 Å². The first kappa shape index (κ1) is 15.1. The highest BCUT2D eigenvalue weighted by atomic mass is 32.1. The summed E-state index contributed by atoms with van der Waals surface area (Å²) in [5.74, 6) is -0.0404. The second-order valence-electron chi connectivity index (χ2n) is 5.62. The molecule has 0 saturated heterocycles. The van der Waals surface area contributed by atoms with E-state index in [1.807, 2.05) is 25.1 Å². The van der Waals surface area contributed by atoms with Gasteiger partial charge in [0.1, 0.15) is 9.88 Å². The first-order chi connectivity index (χ1) is 10.6. The standard InChI is InChI=1S/C16H20N4OS/c1-11-14(15(21)18-9-10-20(2)12-6-7-12)22-16(19-11)13-5-3-4-8-17-13/h3-5,8,12H,6-7,9-10H2,1-2H3,(H,18,21). The molecule has 0 radical (unpaired) electrons. The SMILES string of the molecule is Cc1nc(-c2ccccn2)sc1C(=O)NCCN(C)C1CC1. The topological polar surface area (TPSA) is 58.1 Å². The first-order valence-corrected chi connectivity index (χ1v) is 8.34. The van der Waals surface area contributed by atoms with Crippen LogP contribution in [0.2, 0.25) is 0 Å². The van der Waals surface area contributed by atoms with Gasteiger partial charge in [0.05, 0.1) is 11.4 Å². The zero-order valence-electron chi connectivity index (χ0n) is 12.9. The Morgan fingerprint density at radius 2 is 2.27 bits per heavy atom. The third-order valence-corrected chi connectivity index (χ3v) is 4.99. The molecule has 5 nitrogen and oxygen atoms in total. The van der Waals surface area contributed by atoms with Crippen LogP contribution in [0.4, 0.5) is 0 Å². The number of carbonyl (C=O) groups is 1. The zero-order valence-corrected chi connectivity index (χ0v) is 13.7. The van der Waals surface area contributed by atoms with Crippen molar-refractivity contribution in [3.63, 3.8) is 0 Å². The van der Waals surface area contributed by atoms with Gasteiger partial charge in [0.2, 0.25) is 0 Å². The lowest BCUT2D eigenvalue weighted by molar-refractivity contribution is 0.0952. The Kier molecular flexibility index (Phi) is 4.49. The van der Waals surface area contributed by atoms with Crippen LogP contribution in [0, 0.1) is 6.92 Å². The van der Waals surface area contributed by atoms with Crippen molar-refractivity contribution in [2.75, 3.05) is 20.1 Å². The lowest BCUT2D eigenvalue weighted by atomic mass is 10.3. The van der Waals surface area contributed by atoms with E-state index in [1.165, 1.54) is 24.2 Å². The monoisotopic (exact) mass is 316 g/mol. The molecule has 6 heteroatoms. The van der Waals surface area contributed by atoms with Gasteiger partial charge in [0.25, 0.3) is 5.91 Å². The Labute approximate surface area is 134 Å². The van der Waals surface area contributed by atoms with E-state index in [0.717, 1.165) is 29.0 Å². The normalized spacial score (nSPS) is 14.3. The molecule has 0 aliphatic heterocycles.